The molecule has 1 saturated heterocycles. The van der Waals surface area contributed by atoms with Gasteiger partial charge in [0.05, 0.1) is 28.1 Å². The number of carbonyl (C=O) groups excluding carboxylic acids is 1. The Bertz CT molecular complexity index is 1300. The minimum absolute atomic E-state index is 0.222. The monoisotopic (exact) mass is 430 g/mol. The van der Waals surface area contributed by atoms with Gasteiger partial charge in [0.15, 0.2) is 5.70 Å². The molecular weight excluding hydrogens is 412 g/mol. The number of hydrogen-bond acceptors (Lipinski definition) is 6. The van der Waals surface area contributed by atoms with Gasteiger partial charge in [-0.1, -0.05) is 59.2 Å². The molecule has 1 fully saturated rings. The van der Waals surface area contributed by atoms with Crippen LogP contribution in [0.2, 0.25) is 5.02 Å². The van der Waals surface area contributed by atoms with Crippen LogP contribution in [0.5, 0.6) is 0 Å². The van der Waals surface area contributed by atoms with Gasteiger partial charge in [-0.15, -0.1) is 0 Å². The number of rotatable bonds is 2. The topological polar surface area (TPSA) is 66.3 Å². The van der Waals surface area contributed by atoms with Crippen molar-refractivity contribution in [1.82, 2.24) is 5.59 Å². The van der Waals surface area contributed by atoms with Crippen molar-refractivity contribution in [3.05, 3.63) is 111 Å². The number of benzene rings is 3. The number of anilines is 1. The van der Waals surface area contributed by atoms with Crippen LogP contribution < -0.4 is 21.3 Å². The maximum absolute atomic E-state index is 12.7. The molecule has 1 atom stereocenters. The van der Waals surface area contributed by atoms with E-state index in [0.29, 0.717) is 28.2 Å². The van der Waals surface area contributed by atoms with Crippen molar-refractivity contribution in [3.63, 3.8) is 0 Å². The number of aryl methyl sites for hydroxylation is 1. The molecule has 5 rings (SSSR count). The number of halogens is 1. The lowest BCUT2D eigenvalue weighted by Crippen LogP contribution is -2.29. The molecule has 31 heavy (non-hydrogen) atoms. The Morgan fingerprint density at radius 3 is 2.45 bits per heavy atom. The molecule has 0 bridgehead atoms. The van der Waals surface area contributed by atoms with Crippen molar-refractivity contribution in [2.75, 3.05) is 5.01 Å². The fraction of sp³-hybridized carbons (Fsp3) is 0.125. The molecule has 6 nitrogen and oxygen atoms in total. The van der Waals surface area contributed by atoms with E-state index in [1.54, 1.807) is 5.01 Å². The van der Waals surface area contributed by atoms with Crippen LogP contribution in [0.1, 0.15) is 23.6 Å². The van der Waals surface area contributed by atoms with E-state index in [4.69, 9.17) is 26.4 Å². The zero-order chi connectivity index (χ0) is 21.4. The number of hydrazine groups is 1. The second kappa shape index (κ2) is 7.98. The SMILES string of the molecule is Cc1ccc(N2NOC(=O)C2=C2CC(c3ccc(Cl)cc3)N=c3ccccc3=N2)cc1. The van der Waals surface area contributed by atoms with Crippen molar-refractivity contribution < 1.29 is 9.63 Å². The summed E-state index contributed by atoms with van der Waals surface area (Å²) in [7, 11) is 0. The minimum atomic E-state index is -0.478. The number of carbonyl (C=O) groups is 1. The number of para-hydroxylation sites is 2. The predicted octanol–water partition coefficient (Wildman–Crippen LogP) is 3.73. The summed E-state index contributed by atoms with van der Waals surface area (Å²) >= 11 is 6.08. The highest BCUT2D eigenvalue weighted by molar-refractivity contribution is 6.30. The molecule has 0 spiro atoms. The molecular formula is C24H19ClN4O2. The highest BCUT2D eigenvalue weighted by atomic mass is 35.5. The molecule has 0 amide bonds. The fourth-order valence-corrected chi connectivity index (χ4v) is 3.80. The van der Waals surface area contributed by atoms with E-state index in [1.165, 1.54) is 0 Å². The fourth-order valence-electron chi connectivity index (χ4n) is 3.68. The number of nitrogens with one attached hydrogen (secondary N) is 1. The molecule has 2 aliphatic heterocycles. The van der Waals surface area contributed by atoms with E-state index in [9.17, 15) is 4.79 Å². The molecule has 3 aromatic rings. The Hall–Kier alpha value is -3.48. The normalized spacial score (nSPS) is 20.4. The van der Waals surface area contributed by atoms with E-state index in [-0.39, 0.29) is 6.04 Å². The van der Waals surface area contributed by atoms with Crippen LogP contribution in [-0.4, -0.2) is 5.97 Å². The molecule has 0 saturated carbocycles. The lowest BCUT2D eigenvalue weighted by atomic mass is 10.0. The first-order valence-electron chi connectivity index (χ1n) is 9.92. The summed E-state index contributed by atoms with van der Waals surface area (Å²) in [5.74, 6) is -0.478. The van der Waals surface area contributed by atoms with E-state index >= 15 is 0 Å². The Labute approximate surface area is 184 Å². The third-order valence-electron chi connectivity index (χ3n) is 5.29. The van der Waals surface area contributed by atoms with Crippen LogP contribution in [0.3, 0.4) is 0 Å². The Morgan fingerprint density at radius 1 is 1.00 bits per heavy atom. The molecule has 2 heterocycles. The highest BCUT2D eigenvalue weighted by Gasteiger charge is 2.34. The molecule has 0 aromatic heterocycles. The molecule has 2 aliphatic rings. The lowest BCUT2D eigenvalue weighted by molar-refractivity contribution is -0.140. The molecule has 1 N–H and O–H groups in total. The maximum atomic E-state index is 12.7. The summed E-state index contributed by atoms with van der Waals surface area (Å²) < 4.78 is 0. The maximum Gasteiger partial charge on any atom is 0.378 e. The Morgan fingerprint density at radius 2 is 1.71 bits per heavy atom. The van der Waals surface area contributed by atoms with E-state index in [2.05, 4.69) is 5.59 Å². The van der Waals surface area contributed by atoms with Crippen molar-refractivity contribution in [2.24, 2.45) is 9.98 Å². The lowest BCUT2D eigenvalue weighted by Gasteiger charge is -2.18. The van der Waals surface area contributed by atoms with Gasteiger partial charge < -0.3 is 4.84 Å². The first-order valence-corrected chi connectivity index (χ1v) is 10.3. The van der Waals surface area contributed by atoms with Crippen LogP contribution in [0.4, 0.5) is 5.69 Å². The third kappa shape index (κ3) is 3.83. The van der Waals surface area contributed by atoms with Gasteiger partial charge >= 0.3 is 5.97 Å². The van der Waals surface area contributed by atoms with Gasteiger partial charge in [-0.05, 0) is 48.9 Å². The smallest absolute Gasteiger partial charge is 0.345 e. The zero-order valence-electron chi connectivity index (χ0n) is 16.7. The number of fused-ring (bicyclic) bond motifs is 1. The first kappa shape index (κ1) is 19.5. The summed E-state index contributed by atoms with van der Waals surface area (Å²) in [6.45, 7) is 2.01. The standard InChI is InChI=1S/C24H19ClN4O2/c1-15-6-12-18(13-7-15)29-23(24(30)31-28-29)22-14-21(16-8-10-17(25)11-9-16)26-19-4-2-3-5-20(19)27-22/h2-13,21,28H,14H2,1H3. The molecule has 1 unspecified atom stereocenters. The summed E-state index contributed by atoms with van der Waals surface area (Å²) in [4.78, 5) is 27.7. The second-order valence-electron chi connectivity index (χ2n) is 7.45. The van der Waals surface area contributed by atoms with Gasteiger partial charge in [0.2, 0.25) is 0 Å². The average Bonchev–Trinajstić information content (AvgIpc) is 3.05. The van der Waals surface area contributed by atoms with Crippen LogP contribution >= 0.6 is 11.6 Å². The van der Waals surface area contributed by atoms with Gasteiger partial charge in [0.25, 0.3) is 0 Å². The predicted molar refractivity (Wildman–Crippen MR) is 117 cm³/mol. The summed E-state index contributed by atoms with van der Waals surface area (Å²) in [5.41, 5.74) is 6.58. The van der Waals surface area contributed by atoms with Gasteiger partial charge in [-0.2, -0.15) is 0 Å². The van der Waals surface area contributed by atoms with Crippen molar-refractivity contribution in [1.29, 1.82) is 0 Å². The minimum Gasteiger partial charge on any atom is -0.345 e. The molecule has 0 aliphatic carbocycles. The first-order chi connectivity index (χ1) is 15.1. The molecule has 0 radical (unpaired) electrons. The molecule has 3 aromatic carbocycles. The van der Waals surface area contributed by atoms with Crippen LogP contribution in [-0.2, 0) is 9.63 Å². The van der Waals surface area contributed by atoms with Gasteiger partial charge in [0.1, 0.15) is 0 Å². The van der Waals surface area contributed by atoms with E-state index in [0.717, 1.165) is 22.2 Å². The van der Waals surface area contributed by atoms with Crippen molar-refractivity contribution >= 4 is 23.3 Å². The Kier molecular flexibility index (Phi) is 5.02. The average molecular weight is 431 g/mol. The highest BCUT2D eigenvalue weighted by Crippen LogP contribution is 2.32. The van der Waals surface area contributed by atoms with Crippen molar-refractivity contribution in [2.45, 2.75) is 19.4 Å². The summed E-state index contributed by atoms with van der Waals surface area (Å²) in [6, 6.07) is 22.9. The van der Waals surface area contributed by atoms with E-state index in [1.807, 2.05) is 79.7 Å². The van der Waals surface area contributed by atoms with E-state index < -0.39 is 5.97 Å². The molecule has 7 heteroatoms. The largest absolute Gasteiger partial charge is 0.378 e. The summed E-state index contributed by atoms with van der Waals surface area (Å²) in [6.07, 6.45) is 0.435. The summed E-state index contributed by atoms with van der Waals surface area (Å²) in [5, 5.41) is 3.78. The van der Waals surface area contributed by atoms with Gasteiger partial charge in [-0.25, -0.2) is 14.8 Å². The Balaban J connectivity index is 1.69. The van der Waals surface area contributed by atoms with Crippen LogP contribution in [0.15, 0.2) is 94.2 Å². The van der Waals surface area contributed by atoms with Gasteiger partial charge in [0, 0.05) is 11.4 Å². The number of hydrogen-bond donors (Lipinski definition) is 1. The van der Waals surface area contributed by atoms with Crippen LogP contribution in [0, 0.1) is 6.92 Å². The van der Waals surface area contributed by atoms with Gasteiger partial charge in [-0.3, -0.25) is 4.99 Å². The number of nitrogens with zero attached hydrogens (tertiary/aromatic N) is 3. The van der Waals surface area contributed by atoms with Crippen LogP contribution in [0.25, 0.3) is 0 Å². The zero-order valence-corrected chi connectivity index (χ0v) is 17.5. The second-order valence-corrected chi connectivity index (χ2v) is 7.88. The third-order valence-corrected chi connectivity index (χ3v) is 5.54. The van der Waals surface area contributed by atoms with Crippen molar-refractivity contribution in [3.8, 4) is 0 Å². The molecule has 154 valence electrons. The quantitative estimate of drug-likeness (QED) is 0.629.